The Kier molecular flexibility index (Phi) is 3.90. The number of aromatic amines is 1. The molecular weight excluding hydrogens is 284 g/mol. The van der Waals surface area contributed by atoms with E-state index in [4.69, 9.17) is 0 Å². The summed E-state index contributed by atoms with van der Waals surface area (Å²) < 4.78 is 0. The summed E-state index contributed by atoms with van der Waals surface area (Å²) in [4.78, 5) is 14.9. The van der Waals surface area contributed by atoms with Gasteiger partial charge in [0.1, 0.15) is 0 Å². The van der Waals surface area contributed by atoms with Crippen LogP contribution >= 0.6 is 0 Å². The fourth-order valence-corrected chi connectivity index (χ4v) is 3.36. The fraction of sp³-hybridized carbons (Fsp3) is 0.263. The number of nitrogens with zero attached hydrogens (tertiary/aromatic N) is 3. The maximum Gasteiger partial charge on any atom is 0.0925 e. The average Bonchev–Trinajstić information content (AvgIpc) is 3.08. The van der Waals surface area contributed by atoms with Crippen molar-refractivity contribution in [2.45, 2.75) is 25.4 Å². The van der Waals surface area contributed by atoms with Gasteiger partial charge in [-0.15, -0.1) is 0 Å². The Balaban J connectivity index is 1.62. The smallest absolute Gasteiger partial charge is 0.0925 e. The molecule has 1 aromatic carbocycles. The summed E-state index contributed by atoms with van der Waals surface area (Å²) in [6.07, 6.45) is 5.69. The van der Waals surface area contributed by atoms with Gasteiger partial charge in [0.05, 0.1) is 23.8 Å². The molecule has 4 rings (SSSR count). The van der Waals surface area contributed by atoms with Crippen molar-refractivity contribution in [3.63, 3.8) is 0 Å². The molecule has 1 atom stereocenters. The predicted molar refractivity (Wildman–Crippen MR) is 89.8 cm³/mol. The number of hydrogen-bond acceptors (Lipinski definition) is 3. The highest BCUT2D eigenvalue weighted by Crippen LogP contribution is 2.31. The van der Waals surface area contributed by atoms with E-state index in [0.717, 1.165) is 31.6 Å². The number of nitrogens with one attached hydrogen (secondary N) is 1. The van der Waals surface area contributed by atoms with Crippen LogP contribution in [0.25, 0.3) is 0 Å². The van der Waals surface area contributed by atoms with Crippen molar-refractivity contribution in [3.8, 4) is 0 Å². The van der Waals surface area contributed by atoms with Gasteiger partial charge in [0.2, 0.25) is 0 Å². The summed E-state index contributed by atoms with van der Waals surface area (Å²) in [6, 6.07) is 17.1. The van der Waals surface area contributed by atoms with E-state index in [0.29, 0.717) is 6.04 Å². The summed E-state index contributed by atoms with van der Waals surface area (Å²) in [5.41, 5.74) is 4.93. The second-order valence-electron chi connectivity index (χ2n) is 6.01. The molecule has 4 nitrogen and oxygen atoms in total. The third-order valence-electron chi connectivity index (χ3n) is 4.52. The lowest BCUT2D eigenvalue weighted by molar-refractivity contribution is 0.168. The summed E-state index contributed by atoms with van der Waals surface area (Å²) in [5, 5.41) is 0. The van der Waals surface area contributed by atoms with Crippen molar-refractivity contribution in [3.05, 3.63) is 83.7 Å². The molecular formula is C19H20N4. The van der Waals surface area contributed by atoms with Crippen molar-refractivity contribution in [1.29, 1.82) is 0 Å². The topological polar surface area (TPSA) is 44.8 Å². The zero-order chi connectivity index (χ0) is 15.5. The maximum absolute atomic E-state index is 4.61. The Hall–Kier alpha value is -2.46. The third kappa shape index (κ3) is 3.03. The zero-order valence-corrected chi connectivity index (χ0v) is 13.0. The number of aromatic nitrogens is 3. The van der Waals surface area contributed by atoms with E-state index in [-0.39, 0.29) is 0 Å². The highest BCUT2D eigenvalue weighted by atomic mass is 15.2. The Morgan fingerprint density at radius 3 is 2.74 bits per heavy atom. The van der Waals surface area contributed by atoms with Crippen molar-refractivity contribution >= 4 is 0 Å². The van der Waals surface area contributed by atoms with Crippen LogP contribution in [-0.4, -0.2) is 26.4 Å². The predicted octanol–water partition coefficient (Wildman–Crippen LogP) is 3.15. The highest BCUT2D eigenvalue weighted by Gasteiger charge is 2.29. The average molecular weight is 304 g/mol. The third-order valence-corrected chi connectivity index (χ3v) is 4.52. The van der Waals surface area contributed by atoms with Crippen LogP contribution in [-0.2, 0) is 19.4 Å². The molecule has 3 heterocycles. The second-order valence-corrected chi connectivity index (χ2v) is 6.01. The largest absolute Gasteiger partial charge is 0.348 e. The van der Waals surface area contributed by atoms with Crippen LogP contribution in [0, 0.1) is 0 Å². The van der Waals surface area contributed by atoms with Crippen LogP contribution in [0.5, 0.6) is 0 Å². The molecule has 2 aromatic heterocycles. The molecule has 23 heavy (non-hydrogen) atoms. The Labute approximate surface area is 136 Å². The monoisotopic (exact) mass is 304 g/mol. The molecule has 1 aliphatic heterocycles. The van der Waals surface area contributed by atoms with Crippen LogP contribution in [0.4, 0.5) is 0 Å². The van der Waals surface area contributed by atoms with Gasteiger partial charge in [-0.1, -0.05) is 36.4 Å². The number of H-pyrrole nitrogens is 1. The van der Waals surface area contributed by atoms with Crippen LogP contribution < -0.4 is 0 Å². The molecule has 4 heteroatoms. The highest BCUT2D eigenvalue weighted by molar-refractivity contribution is 5.25. The van der Waals surface area contributed by atoms with Gasteiger partial charge >= 0.3 is 0 Å². The summed E-state index contributed by atoms with van der Waals surface area (Å²) >= 11 is 0. The molecule has 0 spiro atoms. The van der Waals surface area contributed by atoms with E-state index < -0.39 is 0 Å². The molecule has 0 unspecified atom stereocenters. The van der Waals surface area contributed by atoms with Crippen LogP contribution in [0.3, 0.4) is 0 Å². The van der Waals surface area contributed by atoms with Crippen molar-refractivity contribution < 1.29 is 0 Å². The molecule has 3 aromatic rings. The molecule has 1 N–H and O–H groups in total. The lowest BCUT2D eigenvalue weighted by Gasteiger charge is -2.34. The van der Waals surface area contributed by atoms with E-state index >= 15 is 0 Å². The molecule has 1 aliphatic rings. The van der Waals surface area contributed by atoms with Crippen molar-refractivity contribution in [2.24, 2.45) is 0 Å². The SMILES string of the molecule is c1ccc(C[C@H]2c3nc[nH]c3CCN2Cc2ccccn2)cc1. The molecule has 0 saturated carbocycles. The molecule has 0 fully saturated rings. The number of pyridine rings is 1. The van der Waals surface area contributed by atoms with Gasteiger partial charge in [0.15, 0.2) is 0 Å². The van der Waals surface area contributed by atoms with E-state index in [2.05, 4.69) is 62.3 Å². The van der Waals surface area contributed by atoms with E-state index in [1.165, 1.54) is 17.0 Å². The normalized spacial score (nSPS) is 17.8. The van der Waals surface area contributed by atoms with Crippen molar-refractivity contribution in [1.82, 2.24) is 19.9 Å². The summed E-state index contributed by atoms with van der Waals surface area (Å²) in [5.74, 6) is 0. The van der Waals surface area contributed by atoms with Crippen LogP contribution in [0.2, 0.25) is 0 Å². The number of fused-ring (bicyclic) bond motifs is 1. The quantitative estimate of drug-likeness (QED) is 0.805. The Morgan fingerprint density at radius 1 is 1.04 bits per heavy atom. The maximum atomic E-state index is 4.61. The van der Waals surface area contributed by atoms with Crippen molar-refractivity contribution in [2.75, 3.05) is 6.54 Å². The number of imidazole rings is 1. The number of benzene rings is 1. The molecule has 0 amide bonds. The van der Waals surface area contributed by atoms with Gasteiger partial charge in [0.25, 0.3) is 0 Å². The van der Waals surface area contributed by atoms with Gasteiger partial charge in [-0.2, -0.15) is 0 Å². The number of hydrogen-bond donors (Lipinski definition) is 1. The van der Waals surface area contributed by atoms with Crippen LogP contribution in [0.1, 0.15) is 28.7 Å². The van der Waals surface area contributed by atoms with E-state index in [9.17, 15) is 0 Å². The Bertz CT molecular complexity index is 751. The fourth-order valence-electron chi connectivity index (χ4n) is 3.36. The molecule has 0 saturated heterocycles. The first-order valence-corrected chi connectivity index (χ1v) is 8.10. The van der Waals surface area contributed by atoms with Gasteiger partial charge in [0, 0.05) is 31.4 Å². The van der Waals surface area contributed by atoms with Gasteiger partial charge in [-0.25, -0.2) is 4.98 Å². The van der Waals surface area contributed by atoms with E-state index in [1.807, 2.05) is 18.6 Å². The van der Waals surface area contributed by atoms with Gasteiger partial charge in [-0.05, 0) is 24.1 Å². The second kappa shape index (κ2) is 6.34. The standard InChI is InChI=1S/C19H20N4/c1-2-6-15(7-3-1)12-18-19-17(21-14-22-19)9-11-23(18)13-16-8-4-5-10-20-16/h1-8,10,14,18H,9,11-13H2,(H,21,22)/t18-/m0/s1. The van der Waals surface area contributed by atoms with Gasteiger partial charge < -0.3 is 4.98 Å². The minimum Gasteiger partial charge on any atom is -0.348 e. The van der Waals surface area contributed by atoms with Gasteiger partial charge in [-0.3, -0.25) is 9.88 Å². The lowest BCUT2D eigenvalue weighted by atomic mass is 9.96. The number of rotatable bonds is 4. The minimum absolute atomic E-state index is 0.300. The van der Waals surface area contributed by atoms with E-state index in [1.54, 1.807) is 0 Å². The Morgan fingerprint density at radius 2 is 1.91 bits per heavy atom. The summed E-state index contributed by atoms with van der Waals surface area (Å²) in [6.45, 7) is 1.90. The first kappa shape index (κ1) is 14.2. The molecule has 0 bridgehead atoms. The first-order chi connectivity index (χ1) is 11.4. The summed E-state index contributed by atoms with van der Waals surface area (Å²) in [7, 11) is 0. The molecule has 116 valence electrons. The minimum atomic E-state index is 0.300. The molecule has 0 radical (unpaired) electrons. The first-order valence-electron chi connectivity index (χ1n) is 8.10. The van der Waals surface area contributed by atoms with Crippen LogP contribution in [0.15, 0.2) is 61.1 Å². The lowest BCUT2D eigenvalue weighted by Crippen LogP contribution is -2.36. The molecule has 0 aliphatic carbocycles. The zero-order valence-electron chi connectivity index (χ0n) is 13.0.